The van der Waals surface area contributed by atoms with E-state index in [0.717, 1.165) is 25.7 Å². The number of benzene rings is 1. The van der Waals surface area contributed by atoms with Crippen LogP contribution in [0.15, 0.2) is 24.3 Å². The van der Waals surface area contributed by atoms with Crippen molar-refractivity contribution < 1.29 is 24.0 Å². The van der Waals surface area contributed by atoms with E-state index in [-0.39, 0.29) is 17.6 Å². The number of hydrogen-bond donors (Lipinski definition) is 2. The number of ether oxygens (including phenoxy) is 1. The van der Waals surface area contributed by atoms with Crippen molar-refractivity contribution in [1.82, 2.24) is 10.6 Å². The van der Waals surface area contributed by atoms with E-state index in [0.29, 0.717) is 31.6 Å². The number of urea groups is 1. The van der Waals surface area contributed by atoms with Crippen LogP contribution in [0.2, 0.25) is 0 Å². The lowest BCUT2D eigenvalue weighted by Crippen LogP contribution is -2.45. The van der Waals surface area contributed by atoms with Crippen molar-refractivity contribution in [2.75, 3.05) is 24.6 Å². The molecule has 0 unspecified atom stereocenters. The maximum absolute atomic E-state index is 12.3. The molecule has 2 N–H and O–H groups in total. The molecule has 10 nitrogen and oxygen atoms in total. The third-order valence-electron chi connectivity index (χ3n) is 5.54. The SMILES string of the molecule is O=C(COC(=O)C1CCN(c2ccccc2[N+](=O)[O-])CC1)NC(=O)NC1CCCC1. The van der Waals surface area contributed by atoms with Crippen molar-refractivity contribution in [1.29, 1.82) is 0 Å². The van der Waals surface area contributed by atoms with Crippen LogP contribution in [0.25, 0.3) is 0 Å². The minimum absolute atomic E-state index is 0.0334. The lowest BCUT2D eigenvalue weighted by Gasteiger charge is -2.32. The van der Waals surface area contributed by atoms with Gasteiger partial charge in [0.1, 0.15) is 5.69 Å². The van der Waals surface area contributed by atoms with Gasteiger partial charge >= 0.3 is 12.0 Å². The van der Waals surface area contributed by atoms with E-state index in [1.807, 2.05) is 4.90 Å². The number of nitro groups is 1. The van der Waals surface area contributed by atoms with E-state index >= 15 is 0 Å². The molecule has 0 bridgehead atoms. The summed E-state index contributed by atoms with van der Waals surface area (Å²) in [6, 6.07) is 6.02. The van der Waals surface area contributed by atoms with Crippen molar-refractivity contribution in [3.05, 3.63) is 34.4 Å². The fourth-order valence-electron chi connectivity index (χ4n) is 3.95. The number of esters is 1. The predicted molar refractivity (Wildman–Crippen MR) is 108 cm³/mol. The Hall–Kier alpha value is -3.17. The van der Waals surface area contributed by atoms with Crippen molar-refractivity contribution in [3.8, 4) is 0 Å². The first-order valence-electron chi connectivity index (χ1n) is 10.2. The number of anilines is 1. The summed E-state index contributed by atoms with van der Waals surface area (Å²) in [6.45, 7) is 0.433. The van der Waals surface area contributed by atoms with E-state index in [1.165, 1.54) is 6.07 Å². The second-order valence-corrected chi connectivity index (χ2v) is 7.62. The van der Waals surface area contributed by atoms with Crippen molar-refractivity contribution >= 4 is 29.3 Å². The topological polar surface area (TPSA) is 131 Å². The molecule has 0 spiro atoms. The van der Waals surface area contributed by atoms with Gasteiger partial charge in [-0.15, -0.1) is 0 Å². The van der Waals surface area contributed by atoms with E-state index in [4.69, 9.17) is 4.74 Å². The number of nitrogens with zero attached hydrogens (tertiary/aromatic N) is 2. The van der Waals surface area contributed by atoms with Gasteiger partial charge in [0.25, 0.3) is 11.6 Å². The molecule has 0 aromatic heterocycles. The standard InChI is InChI=1S/C20H26N4O6/c25-18(22-20(27)21-15-5-1-2-6-15)13-30-19(26)14-9-11-23(12-10-14)16-7-3-4-8-17(16)24(28)29/h3-4,7-8,14-15H,1-2,5-6,9-13H2,(H2,21,22,25,27). The van der Waals surface area contributed by atoms with Crippen LogP contribution < -0.4 is 15.5 Å². The Morgan fingerprint density at radius 2 is 1.77 bits per heavy atom. The number of carbonyl (C=O) groups excluding carboxylic acids is 3. The van der Waals surface area contributed by atoms with Crippen LogP contribution in [-0.4, -0.2) is 48.6 Å². The van der Waals surface area contributed by atoms with Gasteiger partial charge in [-0.25, -0.2) is 4.79 Å². The van der Waals surface area contributed by atoms with E-state index in [9.17, 15) is 24.5 Å². The van der Waals surface area contributed by atoms with Crippen LogP contribution in [0.5, 0.6) is 0 Å². The molecule has 1 saturated carbocycles. The molecule has 1 aliphatic heterocycles. The van der Waals surface area contributed by atoms with Crippen LogP contribution in [0, 0.1) is 16.0 Å². The van der Waals surface area contributed by atoms with Crippen molar-refractivity contribution in [2.45, 2.75) is 44.6 Å². The lowest BCUT2D eigenvalue weighted by molar-refractivity contribution is -0.384. The molecule has 1 saturated heterocycles. The van der Waals surface area contributed by atoms with Gasteiger partial charge in [0.15, 0.2) is 6.61 Å². The van der Waals surface area contributed by atoms with Gasteiger partial charge in [-0.1, -0.05) is 25.0 Å². The van der Waals surface area contributed by atoms with Crippen molar-refractivity contribution in [2.24, 2.45) is 5.92 Å². The number of para-hydroxylation sites is 2. The largest absolute Gasteiger partial charge is 0.455 e. The first-order valence-corrected chi connectivity index (χ1v) is 10.2. The number of amides is 3. The van der Waals surface area contributed by atoms with Crippen LogP contribution >= 0.6 is 0 Å². The first kappa shape index (κ1) is 21.5. The van der Waals surface area contributed by atoms with Crippen LogP contribution in [-0.2, 0) is 14.3 Å². The van der Waals surface area contributed by atoms with Crippen LogP contribution in [0.3, 0.4) is 0 Å². The summed E-state index contributed by atoms with van der Waals surface area (Å²) >= 11 is 0. The molecule has 30 heavy (non-hydrogen) atoms. The predicted octanol–water partition coefficient (Wildman–Crippen LogP) is 2.12. The summed E-state index contributed by atoms with van der Waals surface area (Å²) in [5.74, 6) is -1.55. The number of hydrogen-bond acceptors (Lipinski definition) is 7. The first-order chi connectivity index (χ1) is 14.4. The highest BCUT2D eigenvalue weighted by molar-refractivity contribution is 5.95. The number of rotatable bonds is 6. The third-order valence-corrected chi connectivity index (χ3v) is 5.54. The summed E-state index contributed by atoms with van der Waals surface area (Å²) in [4.78, 5) is 48.5. The highest BCUT2D eigenvalue weighted by Gasteiger charge is 2.29. The molecule has 162 valence electrons. The highest BCUT2D eigenvalue weighted by Crippen LogP contribution is 2.31. The Labute approximate surface area is 174 Å². The zero-order chi connectivity index (χ0) is 21.5. The second-order valence-electron chi connectivity index (χ2n) is 7.62. The number of carbonyl (C=O) groups is 3. The lowest BCUT2D eigenvalue weighted by atomic mass is 9.96. The fourth-order valence-corrected chi connectivity index (χ4v) is 3.95. The number of piperidine rings is 1. The molecule has 1 aromatic rings. The molecule has 0 atom stereocenters. The molecule has 1 aliphatic carbocycles. The Morgan fingerprint density at radius 3 is 2.43 bits per heavy atom. The summed E-state index contributed by atoms with van der Waals surface area (Å²) in [7, 11) is 0. The Balaban J connectivity index is 1.40. The normalized spacial score (nSPS) is 17.4. The monoisotopic (exact) mass is 418 g/mol. The Morgan fingerprint density at radius 1 is 1.10 bits per heavy atom. The van der Waals surface area contributed by atoms with Gasteiger partial charge in [-0.2, -0.15) is 0 Å². The quantitative estimate of drug-likeness (QED) is 0.411. The minimum Gasteiger partial charge on any atom is -0.455 e. The zero-order valence-corrected chi connectivity index (χ0v) is 16.7. The minimum atomic E-state index is -0.670. The smallest absolute Gasteiger partial charge is 0.321 e. The maximum atomic E-state index is 12.3. The molecular formula is C20H26N4O6. The number of nitro benzene ring substituents is 1. The van der Waals surface area contributed by atoms with Gasteiger partial charge in [0, 0.05) is 25.2 Å². The van der Waals surface area contributed by atoms with Gasteiger partial charge in [0.05, 0.1) is 10.8 Å². The average molecular weight is 418 g/mol. The summed E-state index contributed by atoms with van der Waals surface area (Å²) < 4.78 is 5.06. The van der Waals surface area contributed by atoms with Crippen LogP contribution in [0.4, 0.5) is 16.2 Å². The molecule has 2 fully saturated rings. The molecule has 1 aromatic carbocycles. The molecule has 1 heterocycles. The average Bonchev–Trinajstić information content (AvgIpc) is 3.25. The molecule has 2 aliphatic rings. The molecule has 10 heteroatoms. The fraction of sp³-hybridized carbons (Fsp3) is 0.550. The summed E-state index contributed by atoms with van der Waals surface area (Å²) in [5, 5.41) is 16.1. The Kier molecular flexibility index (Phi) is 7.21. The van der Waals surface area contributed by atoms with Crippen molar-refractivity contribution in [3.63, 3.8) is 0 Å². The molecule has 0 radical (unpaired) electrons. The zero-order valence-electron chi connectivity index (χ0n) is 16.7. The van der Waals surface area contributed by atoms with Gasteiger partial charge < -0.3 is 15.0 Å². The van der Waals surface area contributed by atoms with Gasteiger partial charge in [-0.3, -0.25) is 25.0 Å². The number of nitrogens with one attached hydrogen (secondary N) is 2. The molecule has 3 rings (SSSR count). The van der Waals surface area contributed by atoms with E-state index in [2.05, 4.69) is 10.6 Å². The third kappa shape index (κ3) is 5.68. The maximum Gasteiger partial charge on any atom is 0.321 e. The number of imide groups is 1. The summed E-state index contributed by atoms with van der Waals surface area (Å²) in [5.41, 5.74) is 0.563. The summed E-state index contributed by atoms with van der Waals surface area (Å²) in [6.07, 6.45) is 4.87. The van der Waals surface area contributed by atoms with E-state index < -0.39 is 29.4 Å². The second kappa shape index (κ2) is 10.0. The van der Waals surface area contributed by atoms with Gasteiger partial charge in [-0.05, 0) is 31.7 Å². The van der Waals surface area contributed by atoms with Crippen LogP contribution in [0.1, 0.15) is 38.5 Å². The van der Waals surface area contributed by atoms with Gasteiger partial charge in [0.2, 0.25) is 0 Å². The highest BCUT2D eigenvalue weighted by atomic mass is 16.6. The van der Waals surface area contributed by atoms with E-state index in [1.54, 1.807) is 18.2 Å². The molecular weight excluding hydrogens is 392 g/mol. The Bertz CT molecular complexity index is 800. The molecule has 3 amide bonds.